The highest BCUT2D eigenvalue weighted by molar-refractivity contribution is 7.16. The van der Waals surface area contributed by atoms with Crippen LogP contribution < -0.4 is 5.73 Å². The van der Waals surface area contributed by atoms with E-state index in [-0.39, 0.29) is 24.7 Å². The lowest BCUT2D eigenvalue weighted by Gasteiger charge is -2.36. The summed E-state index contributed by atoms with van der Waals surface area (Å²) in [7, 11) is 0. The molecule has 1 aromatic heterocycles. The monoisotopic (exact) mass is 302 g/mol. The van der Waals surface area contributed by atoms with Crippen molar-refractivity contribution in [2.75, 3.05) is 13.2 Å². The summed E-state index contributed by atoms with van der Waals surface area (Å²) in [6.45, 7) is 5.52. The van der Waals surface area contributed by atoms with Crippen LogP contribution in [0.4, 0.5) is 0 Å². The number of thiophene rings is 1. The van der Waals surface area contributed by atoms with Gasteiger partial charge < -0.3 is 10.8 Å². The van der Waals surface area contributed by atoms with E-state index >= 15 is 0 Å². The van der Waals surface area contributed by atoms with Crippen LogP contribution in [0.15, 0.2) is 12.1 Å². The van der Waals surface area contributed by atoms with E-state index in [0.29, 0.717) is 5.92 Å². The maximum Gasteiger partial charge on any atom is 0.0931 e. The van der Waals surface area contributed by atoms with Crippen LogP contribution in [-0.2, 0) is 0 Å². The molecule has 1 aromatic rings. The minimum atomic E-state index is 0.0778. The average Bonchev–Trinajstić information content (AvgIpc) is 2.97. The van der Waals surface area contributed by atoms with Gasteiger partial charge in [-0.2, -0.15) is 0 Å². The van der Waals surface area contributed by atoms with Crippen molar-refractivity contribution in [2.24, 2.45) is 11.7 Å². The van der Waals surface area contributed by atoms with Gasteiger partial charge in [-0.1, -0.05) is 25.4 Å². The van der Waals surface area contributed by atoms with Crippen LogP contribution in [0.5, 0.6) is 0 Å². The Bertz CT molecular complexity index is 412. The molecule has 3 N–H and O–H groups in total. The van der Waals surface area contributed by atoms with Gasteiger partial charge in [-0.25, -0.2) is 0 Å². The van der Waals surface area contributed by atoms with Crippen LogP contribution in [0.1, 0.15) is 37.6 Å². The molecular weight excluding hydrogens is 280 g/mol. The van der Waals surface area contributed by atoms with E-state index in [1.165, 1.54) is 4.88 Å². The molecule has 0 amide bonds. The zero-order valence-corrected chi connectivity index (χ0v) is 13.1. The Morgan fingerprint density at radius 1 is 1.58 bits per heavy atom. The number of aliphatic hydroxyl groups excluding tert-OH is 1. The van der Waals surface area contributed by atoms with Gasteiger partial charge in [-0.3, -0.25) is 4.90 Å². The second kappa shape index (κ2) is 6.55. The van der Waals surface area contributed by atoms with Crippen molar-refractivity contribution in [2.45, 2.75) is 44.8 Å². The molecule has 4 unspecified atom stereocenters. The summed E-state index contributed by atoms with van der Waals surface area (Å²) in [6, 6.07) is 4.47. The van der Waals surface area contributed by atoms with Crippen molar-refractivity contribution < 1.29 is 5.11 Å². The van der Waals surface area contributed by atoms with Crippen molar-refractivity contribution in [1.29, 1.82) is 0 Å². The third kappa shape index (κ3) is 3.14. The molecule has 0 bridgehead atoms. The molecule has 3 nitrogen and oxygen atoms in total. The first-order valence-electron chi connectivity index (χ1n) is 6.95. The zero-order valence-electron chi connectivity index (χ0n) is 11.6. The van der Waals surface area contributed by atoms with E-state index in [4.69, 9.17) is 17.3 Å². The highest BCUT2D eigenvalue weighted by Crippen LogP contribution is 2.38. The summed E-state index contributed by atoms with van der Waals surface area (Å²) in [4.78, 5) is 3.59. The third-order valence-corrected chi connectivity index (χ3v) is 5.53. The molecule has 19 heavy (non-hydrogen) atoms. The molecule has 1 aliphatic rings. The number of aliphatic hydroxyl groups is 1. The molecule has 4 atom stereocenters. The summed E-state index contributed by atoms with van der Waals surface area (Å²) < 4.78 is 0.802. The number of nitrogens with zero attached hydrogens (tertiary/aromatic N) is 1. The van der Waals surface area contributed by atoms with Gasteiger partial charge in [0.1, 0.15) is 0 Å². The second-order valence-corrected chi connectivity index (χ2v) is 7.16. The molecule has 0 spiro atoms. The minimum absolute atomic E-state index is 0.0778. The predicted molar refractivity (Wildman–Crippen MR) is 81.7 cm³/mol. The van der Waals surface area contributed by atoms with E-state index in [1.807, 2.05) is 6.07 Å². The van der Waals surface area contributed by atoms with Gasteiger partial charge in [0, 0.05) is 17.0 Å². The lowest BCUT2D eigenvalue weighted by atomic mass is 9.99. The SMILES string of the molecule is CCC(N)C(c1ccc(Cl)s1)N1CCC(C)C1CO. The molecule has 108 valence electrons. The standard InChI is InChI=1S/C14H23ClN2OS/c1-3-10(16)14(12-4-5-13(15)19-12)17-7-6-9(2)11(17)8-18/h4-5,9-11,14,18H,3,6-8,16H2,1-2H3. The Morgan fingerprint density at radius 2 is 2.32 bits per heavy atom. The quantitative estimate of drug-likeness (QED) is 0.879. The zero-order chi connectivity index (χ0) is 14.0. The van der Waals surface area contributed by atoms with Crippen LogP contribution in [0, 0.1) is 5.92 Å². The second-order valence-electron chi connectivity index (χ2n) is 5.41. The lowest BCUT2D eigenvalue weighted by molar-refractivity contribution is 0.0909. The fourth-order valence-corrected chi connectivity index (χ4v) is 4.26. The molecule has 2 rings (SSSR count). The van der Waals surface area contributed by atoms with E-state index in [9.17, 15) is 5.11 Å². The summed E-state index contributed by atoms with van der Waals surface area (Å²) in [5, 5.41) is 9.66. The minimum Gasteiger partial charge on any atom is -0.395 e. The molecule has 2 heterocycles. The predicted octanol–water partition coefficient (Wildman–Crippen LogP) is 2.88. The molecule has 1 fully saturated rings. The molecule has 0 aromatic carbocycles. The Kier molecular flexibility index (Phi) is 5.26. The molecule has 1 aliphatic heterocycles. The smallest absolute Gasteiger partial charge is 0.0931 e. The van der Waals surface area contributed by atoms with Gasteiger partial charge in [0.05, 0.1) is 17.0 Å². The Labute approximate surface area is 124 Å². The molecule has 0 aliphatic carbocycles. The Morgan fingerprint density at radius 3 is 2.84 bits per heavy atom. The van der Waals surface area contributed by atoms with Crippen molar-refractivity contribution in [3.63, 3.8) is 0 Å². The van der Waals surface area contributed by atoms with E-state index in [2.05, 4.69) is 24.8 Å². The van der Waals surface area contributed by atoms with E-state index in [0.717, 1.165) is 23.7 Å². The van der Waals surface area contributed by atoms with Crippen LogP contribution in [0.3, 0.4) is 0 Å². The summed E-state index contributed by atoms with van der Waals surface area (Å²) in [5.74, 6) is 0.520. The van der Waals surface area contributed by atoms with Gasteiger partial charge in [0.15, 0.2) is 0 Å². The van der Waals surface area contributed by atoms with Gasteiger partial charge in [-0.15, -0.1) is 11.3 Å². The van der Waals surface area contributed by atoms with Crippen molar-refractivity contribution in [3.05, 3.63) is 21.3 Å². The normalized spacial score (nSPS) is 27.6. The number of nitrogens with two attached hydrogens (primary N) is 1. The van der Waals surface area contributed by atoms with Crippen molar-refractivity contribution in [3.8, 4) is 0 Å². The van der Waals surface area contributed by atoms with E-state index < -0.39 is 0 Å². The van der Waals surface area contributed by atoms with E-state index in [1.54, 1.807) is 11.3 Å². The molecule has 1 saturated heterocycles. The fraction of sp³-hybridized carbons (Fsp3) is 0.714. The maximum atomic E-state index is 9.66. The highest BCUT2D eigenvalue weighted by Gasteiger charge is 2.38. The summed E-state index contributed by atoms with van der Waals surface area (Å²) >= 11 is 7.67. The first-order valence-corrected chi connectivity index (χ1v) is 8.15. The van der Waals surface area contributed by atoms with Gasteiger partial charge in [0.2, 0.25) is 0 Å². The lowest BCUT2D eigenvalue weighted by Crippen LogP contribution is -2.45. The number of hydrogen-bond donors (Lipinski definition) is 2. The molecular formula is C14H23ClN2OS. The van der Waals surface area contributed by atoms with Crippen molar-refractivity contribution in [1.82, 2.24) is 4.90 Å². The largest absolute Gasteiger partial charge is 0.395 e. The fourth-order valence-electron chi connectivity index (χ4n) is 3.00. The van der Waals surface area contributed by atoms with Crippen LogP contribution in [0.25, 0.3) is 0 Å². The summed E-state index contributed by atoms with van der Waals surface area (Å²) in [6.07, 6.45) is 2.04. The number of hydrogen-bond acceptors (Lipinski definition) is 4. The van der Waals surface area contributed by atoms with Gasteiger partial charge in [0.25, 0.3) is 0 Å². The Hall–Kier alpha value is -0.130. The molecule has 0 saturated carbocycles. The number of rotatable bonds is 5. The van der Waals surface area contributed by atoms with Crippen LogP contribution in [0.2, 0.25) is 4.34 Å². The first-order chi connectivity index (χ1) is 9.08. The van der Waals surface area contributed by atoms with Crippen LogP contribution >= 0.6 is 22.9 Å². The van der Waals surface area contributed by atoms with Gasteiger partial charge in [-0.05, 0) is 37.4 Å². The first kappa shape index (κ1) is 15.3. The third-order valence-electron chi connectivity index (χ3n) is 4.23. The number of halogens is 1. The maximum absolute atomic E-state index is 9.66. The molecule has 5 heteroatoms. The Balaban J connectivity index is 2.28. The van der Waals surface area contributed by atoms with Crippen molar-refractivity contribution >= 4 is 22.9 Å². The van der Waals surface area contributed by atoms with Crippen LogP contribution in [-0.4, -0.2) is 35.2 Å². The van der Waals surface area contributed by atoms with Gasteiger partial charge >= 0.3 is 0 Å². The highest BCUT2D eigenvalue weighted by atomic mass is 35.5. The number of likely N-dealkylation sites (tertiary alicyclic amines) is 1. The summed E-state index contributed by atoms with van der Waals surface area (Å²) in [5.41, 5.74) is 6.34. The topological polar surface area (TPSA) is 49.5 Å². The average molecular weight is 303 g/mol. The molecule has 0 radical (unpaired) electrons.